The summed E-state index contributed by atoms with van der Waals surface area (Å²) in [6, 6.07) is 21.4. The van der Waals surface area contributed by atoms with Crippen LogP contribution in [0.4, 0.5) is 16.2 Å². The minimum atomic E-state index is -0.325. The number of carbonyl (C=O) groups excluding carboxylic acids is 1. The van der Waals surface area contributed by atoms with E-state index in [0.717, 1.165) is 79.0 Å². The number of anilines is 2. The first-order chi connectivity index (χ1) is 20.2. The third-order valence-electron chi connectivity index (χ3n) is 7.81. The molecule has 212 valence electrons. The van der Waals surface area contributed by atoms with Crippen molar-refractivity contribution >= 4 is 28.2 Å². The van der Waals surface area contributed by atoms with E-state index in [4.69, 9.17) is 19.2 Å². The highest BCUT2D eigenvalue weighted by Crippen LogP contribution is 2.35. The Morgan fingerprint density at radius 1 is 0.951 bits per heavy atom. The van der Waals surface area contributed by atoms with Gasteiger partial charge in [0.2, 0.25) is 0 Å². The van der Waals surface area contributed by atoms with Crippen molar-refractivity contribution in [3.8, 4) is 22.6 Å². The molecule has 0 radical (unpaired) electrons. The normalized spacial score (nSPS) is 16.0. The van der Waals surface area contributed by atoms with E-state index in [1.807, 2.05) is 54.7 Å². The van der Waals surface area contributed by atoms with Crippen LogP contribution in [0.2, 0.25) is 0 Å². The Morgan fingerprint density at radius 3 is 2.51 bits per heavy atom. The van der Waals surface area contributed by atoms with Crippen LogP contribution in [0, 0.1) is 0 Å². The van der Waals surface area contributed by atoms with Gasteiger partial charge in [-0.2, -0.15) is 0 Å². The molecule has 41 heavy (non-hydrogen) atoms. The van der Waals surface area contributed by atoms with Crippen LogP contribution >= 0.6 is 0 Å². The van der Waals surface area contributed by atoms with E-state index in [9.17, 15) is 4.79 Å². The van der Waals surface area contributed by atoms with Crippen molar-refractivity contribution in [1.29, 1.82) is 0 Å². The number of benzene rings is 3. The standard InChI is InChI=1S/C33H36N4O4/c1-39-31-15-12-24(20-32(31)41-26-6-2-3-7-26)35-33(38)36-30-14-13-27(28-8-4-5-9-29(28)30)23-10-11-25(34-21-23)22-37-16-18-40-19-17-37/h4-5,8-15,20-21,26H,2-3,6-7,16-19,22H2,1H3,(H2,35,36,38). The zero-order valence-electron chi connectivity index (χ0n) is 23.4. The molecule has 1 aromatic heterocycles. The summed E-state index contributed by atoms with van der Waals surface area (Å²) in [5, 5.41) is 7.99. The van der Waals surface area contributed by atoms with E-state index in [-0.39, 0.29) is 12.1 Å². The number of nitrogens with zero attached hydrogens (tertiary/aromatic N) is 2. The lowest BCUT2D eigenvalue weighted by Gasteiger charge is -2.26. The molecule has 6 rings (SSSR count). The fourth-order valence-corrected chi connectivity index (χ4v) is 5.64. The Labute approximate surface area is 240 Å². The molecule has 2 aliphatic rings. The number of fused-ring (bicyclic) bond motifs is 1. The minimum absolute atomic E-state index is 0.189. The number of methoxy groups -OCH3 is 1. The largest absolute Gasteiger partial charge is 0.493 e. The molecule has 3 aromatic carbocycles. The average molecular weight is 553 g/mol. The molecule has 1 aliphatic heterocycles. The van der Waals surface area contributed by atoms with Gasteiger partial charge in [-0.15, -0.1) is 0 Å². The average Bonchev–Trinajstić information content (AvgIpc) is 3.52. The topological polar surface area (TPSA) is 85.0 Å². The Balaban J connectivity index is 1.17. The van der Waals surface area contributed by atoms with Crippen LogP contribution < -0.4 is 20.1 Å². The second-order valence-electron chi connectivity index (χ2n) is 10.6. The number of carbonyl (C=O) groups is 1. The maximum atomic E-state index is 13.1. The Morgan fingerprint density at radius 2 is 1.76 bits per heavy atom. The van der Waals surface area contributed by atoms with Gasteiger partial charge in [-0.3, -0.25) is 9.88 Å². The van der Waals surface area contributed by atoms with E-state index < -0.39 is 0 Å². The SMILES string of the molecule is COc1ccc(NC(=O)Nc2ccc(-c3ccc(CN4CCOCC4)nc3)c3ccccc23)cc1OC1CCCC1. The Kier molecular flexibility index (Phi) is 8.30. The van der Waals surface area contributed by atoms with Crippen molar-refractivity contribution in [3.63, 3.8) is 0 Å². The molecule has 0 spiro atoms. The molecule has 0 unspecified atom stereocenters. The quantitative estimate of drug-likeness (QED) is 0.253. The number of hydrogen-bond acceptors (Lipinski definition) is 6. The second kappa shape index (κ2) is 12.6. The van der Waals surface area contributed by atoms with Crippen molar-refractivity contribution in [2.75, 3.05) is 44.0 Å². The lowest BCUT2D eigenvalue weighted by molar-refractivity contribution is 0.0336. The van der Waals surface area contributed by atoms with Gasteiger partial charge in [0.05, 0.1) is 37.8 Å². The molecule has 2 fully saturated rings. The van der Waals surface area contributed by atoms with E-state index in [1.54, 1.807) is 7.11 Å². The van der Waals surface area contributed by atoms with Crippen LogP contribution in [0.25, 0.3) is 21.9 Å². The second-order valence-corrected chi connectivity index (χ2v) is 10.6. The van der Waals surface area contributed by atoms with Gasteiger partial charge < -0.3 is 24.8 Å². The van der Waals surface area contributed by atoms with E-state index in [0.29, 0.717) is 17.2 Å². The van der Waals surface area contributed by atoms with E-state index in [1.165, 1.54) is 12.8 Å². The summed E-state index contributed by atoms with van der Waals surface area (Å²) in [5.41, 5.74) is 4.53. The summed E-state index contributed by atoms with van der Waals surface area (Å²) in [6.07, 6.45) is 6.56. The first-order valence-electron chi connectivity index (χ1n) is 14.4. The molecular weight excluding hydrogens is 516 g/mol. The Bertz CT molecular complexity index is 1500. The fraction of sp³-hybridized carbons (Fsp3) is 0.333. The van der Waals surface area contributed by atoms with E-state index in [2.05, 4.69) is 33.7 Å². The molecule has 2 N–H and O–H groups in total. The van der Waals surface area contributed by atoms with Crippen molar-refractivity contribution in [2.24, 2.45) is 0 Å². The van der Waals surface area contributed by atoms with Crippen LogP contribution in [-0.2, 0) is 11.3 Å². The molecule has 2 heterocycles. The zero-order chi connectivity index (χ0) is 28.0. The third kappa shape index (κ3) is 6.45. The van der Waals surface area contributed by atoms with Gasteiger partial charge in [-0.05, 0) is 60.9 Å². The number of nitrogens with one attached hydrogen (secondary N) is 2. The molecule has 4 aromatic rings. The molecule has 1 aliphatic carbocycles. The van der Waals surface area contributed by atoms with Gasteiger partial charge in [0.1, 0.15) is 0 Å². The molecule has 2 amide bonds. The third-order valence-corrected chi connectivity index (χ3v) is 7.81. The number of pyridine rings is 1. The molecule has 1 saturated carbocycles. The highest BCUT2D eigenvalue weighted by molar-refractivity contribution is 6.09. The minimum Gasteiger partial charge on any atom is -0.493 e. The van der Waals surface area contributed by atoms with Crippen molar-refractivity contribution in [2.45, 2.75) is 38.3 Å². The lowest BCUT2D eigenvalue weighted by Crippen LogP contribution is -2.35. The highest BCUT2D eigenvalue weighted by atomic mass is 16.5. The number of urea groups is 1. The van der Waals surface area contributed by atoms with Crippen LogP contribution in [0.5, 0.6) is 11.5 Å². The van der Waals surface area contributed by atoms with Gasteiger partial charge in [0.25, 0.3) is 0 Å². The Hall–Kier alpha value is -4.14. The molecule has 1 saturated heterocycles. The summed E-state index contributed by atoms with van der Waals surface area (Å²) < 4.78 is 17.1. The lowest BCUT2D eigenvalue weighted by atomic mass is 9.98. The van der Waals surface area contributed by atoms with E-state index >= 15 is 0 Å². The summed E-state index contributed by atoms with van der Waals surface area (Å²) in [6.45, 7) is 4.25. The predicted octanol–water partition coefficient (Wildman–Crippen LogP) is 6.71. The van der Waals surface area contributed by atoms with Crippen molar-refractivity contribution in [3.05, 3.63) is 78.6 Å². The predicted molar refractivity (Wildman–Crippen MR) is 162 cm³/mol. The fourth-order valence-electron chi connectivity index (χ4n) is 5.64. The molecule has 8 heteroatoms. The molecule has 0 atom stereocenters. The number of amides is 2. The maximum Gasteiger partial charge on any atom is 0.323 e. The number of hydrogen-bond donors (Lipinski definition) is 2. The summed E-state index contributed by atoms with van der Waals surface area (Å²) in [5.74, 6) is 1.31. The summed E-state index contributed by atoms with van der Waals surface area (Å²) >= 11 is 0. The van der Waals surface area contributed by atoms with Gasteiger partial charge >= 0.3 is 6.03 Å². The van der Waals surface area contributed by atoms with Gasteiger partial charge in [-0.25, -0.2) is 4.79 Å². The number of rotatable bonds is 8. The number of ether oxygens (including phenoxy) is 3. The monoisotopic (exact) mass is 552 g/mol. The molecule has 0 bridgehead atoms. The maximum absolute atomic E-state index is 13.1. The highest BCUT2D eigenvalue weighted by Gasteiger charge is 2.19. The number of aromatic nitrogens is 1. The van der Waals surface area contributed by atoms with Crippen molar-refractivity contribution in [1.82, 2.24) is 9.88 Å². The molecule has 8 nitrogen and oxygen atoms in total. The smallest absolute Gasteiger partial charge is 0.323 e. The van der Waals surface area contributed by atoms with Crippen LogP contribution in [0.1, 0.15) is 31.4 Å². The van der Waals surface area contributed by atoms with Crippen LogP contribution in [-0.4, -0.2) is 55.4 Å². The van der Waals surface area contributed by atoms with Crippen molar-refractivity contribution < 1.29 is 19.0 Å². The first kappa shape index (κ1) is 27.1. The van der Waals surface area contributed by atoms with Gasteiger partial charge in [-0.1, -0.05) is 36.4 Å². The summed E-state index contributed by atoms with van der Waals surface area (Å²) in [4.78, 5) is 20.2. The zero-order valence-corrected chi connectivity index (χ0v) is 23.4. The summed E-state index contributed by atoms with van der Waals surface area (Å²) in [7, 11) is 1.63. The van der Waals surface area contributed by atoms with Crippen LogP contribution in [0.15, 0.2) is 72.9 Å². The van der Waals surface area contributed by atoms with Crippen LogP contribution in [0.3, 0.4) is 0 Å². The van der Waals surface area contributed by atoms with Gasteiger partial charge in [0.15, 0.2) is 11.5 Å². The first-order valence-corrected chi connectivity index (χ1v) is 14.4. The van der Waals surface area contributed by atoms with Gasteiger partial charge in [0, 0.05) is 48.5 Å². The number of morpholine rings is 1. The molecular formula is C33H36N4O4.